The Bertz CT molecular complexity index is 1090. The molecule has 0 unspecified atom stereocenters. The quantitative estimate of drug-likeness (QED) is 0.296. The molecule has 0 atom stereocenters. The highest BCUT2D eigenvalue weighted by molar-refractivity contribution is 6.15. The number of benzene rings is 3. The molecule has 3 aromatic rings. The molecule has 2 nitrogen and oxygen atoms in total. The molecule has 3 aromatic carbocycles. The predicted molar refractivity (Wildman–Crippen MR) is 142 cm³/mol. The summed E-state index contributed by atoms with van der Waals surface area (Å²) in [5.41, 5.74) is 7.10. The van der Waals surface area contributed by atoms with Gasteiger partial charge in [-0.05, 0) is 53.5 Å². The smallest absolute Gasteiger partial charge is 0.189 e. The largest absolute Gasteiger partial charge is 0.489 e. The van der Waals surface area contributed by atoms with Gasteiger partial charge in [0.2, 0.25) is 0 Å². The van der Waals surface area contributed by atoms with Crippen LogP contribution in [0.1, 0.15) is 58.4 Å². The molecule has 4 rings (SSSR count). The molecule has 0 saturated heterocycles. The van der Waals surface area contributed by atoms with E-state index < -0.39 is 0 Å². The van der Waals surface area contributed by atoms with Crippen LogP contribution in [0.3, 0.4) is 0 Å². The highest BCUT2D eigenvalue weighted by atomic mass is 16.5. The van der Waals surface area contributed by atoms with Crippen molar-refractivity contribution in [3.63, 3.8) is 0 Å². The van der Waals surface area contributed by atoms with Crippen LogP contribution in [0.2, 0.25) is 0 Å². The predicted octanol–water partition coefficient (Wildman–Crippen LogP) is 8.26. The fraction of sp³-hybridized carbons (Fsp3) is 0.194. The van der Waals surface area contributed by atoms with Crippen LogP contribution in [0.5, 0.6) is 5.75 Å². The topological polar surface area (TPSA) is 26.3 Å². The molecule has 170 valence electrons. The van der Waals surface area contributed by atoms with Crippen LogP contribution < -0.4 is 4.74 Å². The molecule has 0 saturated carbocycles. The molecule has 33 heavy (non-hydrogen) atoms. The van der Waals surface area contributed by atoms with Gasteiger partial charge < -0.3 is 4.74 Å². The summed E-state index contributed by atoms with van der Waals surface area (Å²) < 4.78 is 5.94. The van der Waals surface area contributed by atoms with E-state index in [4.69, 9.17) is 4.74 Å². The van der Waals surface area contributed by atoms with Crippen LogP contribution in [0.25, 0.3) is 12.2 Å². The number of hydrogen-bond donors (Lipinski definition) is 0. The van der Waals surface area contributed by atoms with E-state index in [9.17, 15) is 4.79 Å². The summed E-state index contributed by atoms with van der Waals surface area (Å²) in [5.74, 6) is 0.901. The molecule has 0 aromatic heterocycles. The Balaban J connectivity index is 0.000000714. The maximum atomic E-state index is 12.7. The second-order valence-corrected chi connectivity index (χ2v) is 7.85. The number of Topliss-reactive ketones (excluding diaryl/α,β-unsaturated/α-hetero) is 1. The maximum absolute atomic E-state index is 12.7. The Morgan fingerprint density at radius 3 is 2.12 bits per heavy atom. The Morgan fingerprint density at radius 1 is 0.909 bits per heavy atom. The zero-order valence-corrected chi connectivity index (χ0v) is 20.1. The van der Waals surface area contributed by atoms with Crippen molar-refractivity contribution >= 4 is 17.9 Å². The van der Waals surface area contributed by atoms with Crippen molar-refractivity contribution in [3.8, 4) is 5.75 Å². The first kappa shape index (κ1) is 25.6. The summed E-state index contributed by atoms with van der Waals surface area (Å²) in [5, 5.41) is 0. The number of hydrogen-bond acceptors (Lipinski definition) is 2. The van der Waals surface area contributed by atoms with Gasteiger partial charge in [-0.25, -0.2) is 0 Å². The molecule has 1 aliphatic rings. The van der Waals surface area contributed by atoms with Crippen LogP contribution in [0, 0.1) is 6.92 Å². The molecule has 1 aliphatic carbocycles. The summed E-state index contributed by atoms with van der Waals surface area (Å²) >= 11 is 0. The van der Waals surface area contributed by atoms with Gasteiger partial charge in [0.1, 0.15) is 12.4 Å². The number of carbonyl (C=O) groups excluding carboxylic acids is 1. The minimum absolute atomic E-state index is 0.113. The van der Waals surface area contributed by atoms with E-state index in [1.54, 1.807) is 0 Å². The molecule has 0 N–H and O–H groups in total. The summed E-state index contributed by atoms with van der Waals surface area (Å²) in [6, 6.07) is 22.1. The van der Waals surface area contributed by atoms with Crippen molar-refractivity contribution in [3.05, 3.63) is 125 Å². The monoisotopic (exact) mass is 438 g/mol. The number of ether oxygens (including phenoxy) is 1. The van der Waals surface area contributed by atoms with Gasteiger partial charge in [-0.1, -0.05) is 87.0 Å². The molecule has 0 fully saturated rings. The minimum atomic E-state index is 0.113. The maximum Gasteiger partial charge on any atom is 0.189 e. The zero-order valence-electron chi connectivity index (χ0n) is 20.1. The zero-order chi connectivity index (χ0) is 24.2. The molecular formula is C31H34O2. The molecule has 0 amide bonds. The number of rotatable bonds is 5. The van der Waals surface area contributed by atoms with E-state index in [-0.39, 0.29) is 5.78 Å². The number of aryl methyl sites for hydroxylation is 1. The van der Waals surface area contributed by atoms with E-state index >= 15 is 0 Å². The van der Waals surface area contributed by atoms with E-state index in [1.807, 2.05) is 66.7 Å². The number of carbonyl (C=O) groups is 1. The Labute approximate surface area is 199 Å². The molecule has 0 heterocycles. The van der Waals surface area contributed by atoms with Crippen molar-refractivity contribution in [2.24, 2.45) is 0 Å². The van der Waals surface area contributed by atoms with Gasteiger partial charge in [0.05, 0.1) is 0 Å². The second-order valence-electron chi connectivity index (χ2n) is 7.85. The molecule has 0 spiro atoms. The lowest BCUT2D eigenvalue weighted by molar-refractivity contribution is 0.104. The highest BCUT2D eigenvalue weighted by Gasteiger charge is 2.25. The number of fused-ring (bicyclic) bond motifs is 1. The third-order valence-electron chi connectivity index (χ3n) is 5.03. The van der Waals surface area contributed by atoms with E-state index in [0.29, 0.717) is 13.0 Å². The first-order chi connectivity index (χ1) is 16.0. The van der Waals surface area contributed by atoms with Crippen LogP contribution in [0.15, 0.2) is 92.0 Å². The summed E-state index contributed by atoms with van der Waals surface area (Å²) in [7, 11) is 0. The molecule has 0 radical (unpaired) electrons. The van der Waals surface area contributed by atoms with Crippen LogP contribution in [-0.4, -0.2) is 5.78 Å². The van der Waals surface area contributed by atoms with Crippen molar-refractivity contribution in [2.75, 3.05) is 0 Å². The SMILES string of the molecule is C=C.C=Cc1ccc(COc2ccc3c(c2)C/C(=C\c2ccc(C)cc2)C3=O)cc1.CCC. The van der Waals surface area contributed by atoms with Crippen LogP contribution in [0.4, 0.5) is 0 Å². The number of allylic oxidation sites excluding steroid dienone is 1. The fourth-order valence-electron chi connectivity index (χ4n) is 3.38. The number of ketones is 1. The lowest BCUT2D eigenvalue weighted by Gasteiger charge is -2.08. The lowest BCUT2D eigenvalue weighted by atomic mass is 10.1. The molecule has 0 aliphatic heterocycles. The van der Waals surface area contributed by atoms with Crippen LogP contribution in [-0.2, 0) is 13.0 Å². The molecular weight excluding hydrogens is 404 g/mol. The van der Waals surface area contributed by atoms with Crippen molar-refractivity contribution < 1.29 is 9.53 Å². The minimum Gasteiger partial charge on any atom is -0.489 e. The van der Waals surface area contributed by atoms with Gasteiger partial charge >= 0.3 is 0 Å². The lowest BCUT2D eigenvalue weighted by Crippen LogP contribution is -1.97. The van der Waals surface area contributed by atoms with Gasteiger partial charge in [0.25, 0.3) is 0 Å². The van der Waals surface area contributed by atoms with Crippen molar-refractivity contribution in [1.82, 2.24) is 0 Å². The fourth-order valence-corrected chi connectivity index (χ4v) is 3.38. The third-order valence-corrected chi connectivity index (χ3v) is 5.03. The molecule has 2 heteroatoms. The third kappa shape index (κ3) is 7.18. The van der Waals surface area contributed by atoms with E-state index in [1.165, 1.54) is 12.0 Å². The highest BCUT2D eigenvalue weighted by Crippen LogP contribution is 2.31. The van der Waals surface area contributed by atoms with Gasteiger partial charge in [-0.2, -0.15) is 0 Å². The van der Waals surface area contributed by atoms with E-state index in [0.717, 1.165) is 39.1 Å². The van der Waals surface area contributed by atoms with Gasteiger partial charge in [-0.15, -0.1) is 13.2 Å². The normalized spacial score (nSPS) is 12.7. The van der Waals surface area contributed by atoms with Gasteiger partial charge in [0.15, 0.2) is 5.78 Å². The Morgan fingerprint density at radius 2 is 1.52 bits per heavy atom. The first-order valence-electron chi connectivity index (χ1n) is 11.3. The van der Waals surface area contributed by atoms with E-state index in [2.05, 4.69) is 52.6 Å². The first-order valence-corrected chi connectivity index (χ1v) is 11.3. The van der Waals surface area contributed by atoms with Gasteiger partial charge in [0, 0.05) is 17.6 Å². The van der Waals surface area contributed by atoms with Crippen LogP contribution >= 0.6 is 0 Å². The van der Waals surface area contributed by atoms with Crippen molar-refractivity contribution in [1.29, 1.82) is 0 Å². The van der Waals surface area contributed by atoms with Crippen molar-refractivity contribution in [2.45, 2.75) is 40.2 Å². The summed E-state index contributed by atoms with van der Waals surface area (Å²) in [4.78, 5) is 12.7. The standard InChI is InChI=1S/C26H22O2.C3H8.C2H4/c1-3-19-8-10-21(11-9-19)17-28-24-12-13-25-22(16-24)15-23(26(25)27)14-20-6-4-18(2)5-7-20;1-3-2;1-2/h3-14,16H,1,15,17H2,2H3;3H2,1-2H3;1-2H2/b23-14+;;. The molecule has 0 bridgehead atoms. The Kier molecular flexibility index (Phi) is 10.1. The average molecular weight is 439 g/mol. The summed E-state index contributed by atoms with van der Waals surface area (Å²) in [6.45, 7) is 16.6. The van der Waals surface area contributed by atoms with Gasteiger partial charge in [-0.3, -0.25) is 4.79 Å². The summed E-state index contributed by atoms with van der Waals surface area (Å²) in [6.07, 6.45) is 5.71. The average Bonchev–Trinajstić information content (AvgIpc) is 3.15. The Hall–Kier alpha value is -3.65. The second kappa shape index (κ2) is 13.0.